The van der Waals surface area contributed by atoms with Crippen LogP contribution < -0.4 is 0 Å². The maximum absolute atomic E-state index is 9.67. The lowest BCUT2D eigenvalue weighted by atomic mass is 9.79. The minimum absolute atomic E-state index is 0.108. The summed E-state index contributed by atoms with van der Waals surface area (Å²) in [5, 5.41) is 9.67. The topological polar surface area (TPSA) is 33.4 Å². The highest BCUT2D eigenvalue weighted by Crippen LogP contribution is 2.28. The van der Waals surface area contributed by atoms with Crippen LogP contribution >= 0.6 is 0 Å². The molecular weight excluding hydrogens is 212 g/mol. The van der Waals surface area contributed by atoms with Gasteiger partial charge in [-0.1, -0.05) is 36.8 Å². The Labute approximate surface area is 102 Å². The first-order chi connectivity index (χ1) is 8.14. The van der Waals surface area contributed by atoms with E-state index in [0.717, 1.165) is 11.3 Å². The van der Waals surface area contributed by atoms with Gasteiger partial charge in [0.25, 0.3) is 0 Å². The van der Waals surface area contributed by atoms with Crippen molar-refractivity contribution in [1.29, 1.82) is 0 Å². The van der Waals surface area contributed by atoms with Gasteiger partial charge in [0.2, 0.25) is 0 Å². The molecule has 1 N–H and O–H groups in total. The fraction of sp³-hybridized carbons (Fsp3) is 0.333. The van der Waals surface area contributed by atoms with Crippen molar-refractivity contribution in [2.75, 3.05) is 6.61 Å². The van der Waals surface area contributed by atoms with Crippen molar-refractivity contribution < 1.29 is 9.52 Å². The van der Waals surface area contributed by atoms with Gasteiger partial charge in [-0.05, 0) is 24.6 Å². The van der Waals surface area contributed by atoms with Gasteiger partial charge < -0.3 is 9.52 Å². The smallest absolute Gasteiger partial charge is 0.104 e. The lowest BCUT2D eigenvalue weighted by Crippen LogP contribution is -2.29. The molecule has 2 rings (SSSR count). The Morgan fingerprint density at radius 1 is 1.18 bits per heavy atom. The zero-order chi connectivity index (χ0) is 12.3. The van der Waals surface area contributed by atoms with Crippen LogP contribution in [0.4, 0.5) is 0 Å². The molecule has 2 nitrogen and oxygen atoms in total. The van der Waals surface area contributed by atoms with Crippen LogP contribution in [0.3, 0.4) is 0 Å². The molecule has 0 bridgehead atoms. The first kappa shape index (κ1) is 11.9. The summed E-state index contributed by atoms with van der Waals surface area (Å²) in [5.74, 6) is 0.905. The lowest BCUT2D eigenvalue weighted by molar-refractivity contribution is 0.198. The molecule has 0 saturated carbocycles. The molecule has 0 aliphatic rings. The van der Waals surface area contributed by atoms with Crippen molar-refractivity contribution >= 4 is 0 Å². The number of furan rings is 1. The molecule has 0 radical (unpaired) electrons. The Morgan fingerprint density at radius 2 is 1.88 bits per heavy atom. The molecule has 2 heteroatoms. The first-order valence-electron chi connectivity index (χ1n) is 5.84. The van der Waals surface area contributed by atoms with Crippen LogP contribution in [0.25, 0.3) is 0 Å². The Kier molecular flexibility index (Phi) is 3.34. The summed E-state index contributed by atoms with van der Waals surface area (Å²) in [6, 6.07) is 12.1. The molecule has 0 amide bonds. The number of hydrogen-bond acceptors (Lipinski definition) is 2. The van der Waals surface area contributed by atoms with Crippen molar-refractivity contribution in [1.82, 2.24) is 0 Å². The summed E-state index contributed by atoms with van der Waals surface area (Å²) in [7, 11) is 0. The van der Waals surface area contributed by atoms with Crippen LogP contribution in [0, 0.1) is 6.92 Å². The molecule has 0 fully saturated rings. The van der Waals surface area contributed by atoms with Crippen LogP contribution in [0.1, 0.15) is 23.8 Å². The van der Waals surface area contributed by atoms with E-state index in [1.807, 2.05) is 12.1 Å². The highest BCUT2D eigenvalue weighted by molar-refractivity contribution is 5.29. The minimum Gasteiger partial charge on any atom is -0.469 e. The second-order valence-corrected chi connectivity index (χ2v) is 4.84. The van der Waals surface area contributed by atoms with Crippen molar-refractivity contribution in [3.05, 3.63) is 59.5 Å². The second-order valence-electron chi connectivity index (χ2n) is 4.84. The lowest BCUT2D eigenvalue weighted by Gasteiger charge is -2.27. The van der Waals surface area contributed by atoms with Gasteiger partial charge in [-0.15, -0.1) is 0 Å². The average Bonchev–Trinajstić information content (AvgIpc) is 2.82. The van der Waals surface area contributed by atoms with E-state index >= 15 is 0 Å². The molecular formula is C15H18O2. The molecule has 0 saturated heterocycles. The first-order valence-corrected chi connectivity index (χ1v) is 5.84. The van der Waals surface area contributed by atoms with E-state index < -0.39 is 0 Å². The van der Waals surface area contributed by atoms with Crippen molar-refractivity contribution in [3.8, 4) is 0 Å². The molecule has 1 aromatic carbocycles. The Hall–Kier alpha value is -1.54. The number of hydrogen-bond donors (Lipinski definition) is 1. The van der Waals surface area contributed by atoms with Crippen LogP contribution in [0.5, 0.6) is 0 Å². The van der Waals surface area contributed by atoms with Crippen molar-refractivity contribution in [2.45, 2.75) is 25.7 Å². The van der Waals surface area contributed by atoms with Crippen molar-refractivity contribution in [2.24, 2.45) is 0 Å². The number of aryl methyl sites for hydroxylation is 1. The molecule has 1 atom stereocenters. The SMILES string of the molecule is Cc1ccc(C(C)(CO)Cc2ccco2)cc1. The molecule has 90 valence electrons. The molecule has 0 aliphatic carbocycles. The summed E-state index contributed by atoms with van der Waals surface area (Å²) in [4.78, 5) is 0. The third kappa shape index (κ3) is 2.59. The zero-order valence-corrected chi connectivity index (χ0v) is 10.3. The summed E-state index contributed by atoms with van der Waals surface area (Å²) < 4.78 is 5.37. The summed E-state index contributed by atoms with van der Waals surface area (Å²) in [6.07, 6.45) is 2.38. The van der Waals surface area contributed by atoms with Gasteiger partial charge in [-0.25, -0.2) is 0 Å². The molecule has 17 heavy (non-hydrogen) atoms. The fourth-order valence-corrected chi connectivity index (χ4v) is 2.00. The molecule has 0 aliphatic heterocycles. The van der Waals surface area contributed by atoms with E-state index in [9.17, 15) is 5.11 Å². The highest BCUT2D eigenvalue weighted by Gasteiger charge is 2.27. The maximum Gasteiger partial charge on any atom is 0.104 e. The van der Waals surface area contributed by atoms with Gasteiger partial charge in [0.1, 0.15) is 5.76 Å². The average molecular weight is 230 g/mol. The Bertz CT molecular complexity index is 456. The molecule has 0 spiro atoms. The summed E-state index contributed by atoms with van der Waals surface area (Å²) in [6.45, 7) is 4.23. The van der Waals surface area contributed by atoms with Gasteiger partial charge in [-0.3, -0.25) is 0 Å². The van der Waals surface area contributed by atoms with E-state index in [4.69, 9.17) is 4.42 Å². The van der Waals surface area contributed by atoms with Gasteiger partial charge in [0.05, 0.1) is 12.9 Å². The van der Waals surface area contributed by atoms with Crippen molar-refractivity contribution in [3.63, 3.8) is 0 Å². The van der Waals surface area contributed by atoms with Crippen LogP contribution in [-0.2, 0) is 11.8 Å². The predicted octanol–water partition coefficient (Wildman–Crippen LogP) is 3.08. The third-order valence-corrected chi connectivity index (χ3v) is 3.24. The third-order valence-electron chi connectivity index (χ3n) is 3.24. The standard InChI is InChI=1S/C15H18O2/c1-12-5-7-13(8-6-12)15(2,11-16)10-14-4-3-9-17-14/h3-9,16H,10-11H2,1-2H3. The van der Waals surface area contributed by atoms with Gasteiger partial charge in [0, 0.05) is 11.8 Å². The number of benzene rings is 1. The normalized spacial score (nSPS) is 14.5. The molecule has 1 unspecified atom stereocenters. The Morgan fingerprint density at radius 3 is 2.41 bits per heavy atom. The largest absolute Gasteiger partial charge is 0.469 e. The minimum atomic E-state index is -0.286. The highest BCUT2D eigenvalue weighted by atomic mass is 16.3. The predicted molar refractivity (Wildman–Crippen MR) is 68.0 cm³/mol. The number of aliphatic hydroxyl groups excluding tert-OH is 1. The molecule has 2 aromatic rings. The number of aliphatic hydroxyl groups is 1. The van der Waals surface area contributed by atoms with Crippen LogP contribution in [0.15, 0.2) is 47.1 Å². The maximum atomic E-state index is 9.67. The van der Waals surface area contributed by atoms with E-state index in [1.165, 1.54) is 5.56 Å². The number of rotatable bonds is 4. The van der Waals surface area contributed by atoms with Gasteiger partial charge in [0.15, 0.2) is 0 Å². The van der Waals surface area contributed by atoms with E-state index in [0.29, 0.717) is 6.42 Å². The van der Waals surface area contributed by atoms with E-state index in [-0.39, 0.29) is 12.0 Å². The fourth-order valence-electron chi connectivity index (χ4n) is 2.00. The molecule has 1 aromatic heterocycles. The Balaban J connectivity index is 2.27. The summed E-state index contributed by atoms with van der Waals surface area (Å²) in [5.41, 5.74) is 2.08. The summed E-state index contributed by atoms with van der Waals surface area (Å²) >= 11 is 0. The van der Waals surface area contributed by atoms with Crippen LogP contribution in [0.2, 0.25) is 0 Å². The van der Waals surface area contributed by atoms with Gasteiger partial charge >= 0.3 is 0 Å². The molecule has 1 heterocycles. The zero-order valence-electron chi connectivity index (χ0n) is 10.3. The second kappa shape index (κ2) is 4.76. The quantitative estimate of drug-likeness (QED) is 0.875. The van der Waals surface area contributed by atoms with Gasteiger partial charge in [-0.2, -0.15) is 0 Å². The van der Waals surface area contributed by atoms with Crippen LogP contribution in [-0.4, -0.2) is 11.7 Å². The van der Waals surface area contributed by atoms with E-state index in [2.05, 4.69) is 38.1 Å². The monoisotopic (exact) mass is 230 g/mol. The van der Waals surface area contributed by atoms with E-state index in [1.54, 1.807) is 6.26 Å².